The average Bonchev–Trinajstić information content (AvgIpc) is 3.92. The zero-order chi connectivity index (χ0) is 38.1. The minimum atomic E-state index is -0.714. The smallest absolute Gasteiger partial charge is 0.245 e. The molecule has 0 spiro atoms. The van der Waals surface area contributed by atoms with Gasteiger partial charge in [0, 0.05) is 33.9 Å². The molecule has 3 fully saturated rings. The summed E-state index contributed by atoms with van der Waals surface area (Å²) in [7, 11) is 4.90. The summed E-state index contributed by atoms with van der Waals surface area (Å²) >= 11 is 0. The lowest BCUT2D eigenvalue weighted by atomic mass is 9.89. The molecule has 2 bridgehead atoms. The summed E-state index contributed by atoms with van der Waals surface area (Å²) < 4.78 is 12.0. The molecule has 292 valence electrons. The van der Waals surface area contributed by atoms with Crippen molar-refractivity contribution in [3.8, 4) is 0 Å². The number of aliphatic hydroxyl groups excluding tert-OH is 1. The molecule has 2 saturated heterocycles. The number of nitrogens with one attached hydrogen (secondary N) is 3. The quantitative estimate of drug-likeness (QED) is 0.170. The molecule has 12 heteroatoms. The molecule has 1 aromatic carbocycles. The van der Waals surface area contributed by atoms with Crippen molar-refractivity contribution >= 4 is 23.6 Å². The van der Waals surface area contributed by atoms with E-state index in [4.69, 9.17) is 9.47 Å². The third-order valence-electron chi connectivity index (χ3n) is 12.0. The van der Waals surface area contributed by atoms with Crippen molar-refractivity contribution in [1.29, 1.82) is 0 Å². The van der Waals surface area contributed by atoms with Crippen molar-refractivity contribution in [2.45, 2.75) is 134 Å². The van der Waals surface area contributed by atoms with Crippen molar-refractivity contribution < 1.29 is 33.8 Å². The predicted octanol–water partition coefficient (Wildman–Crippen LogP) is 2.91. The highest BCUT2D eigenvalue weighted by Crippen LogP contribution is 2.35. The molecule has 1 saturated carbocycles. The van der Waals surface area contributed by atoms with Gasteiger partial charge in [0.2, 0.25) is 23.6 Å². The van der Waals surface area contributed by atoms with Crippen LogP contribution in [0.1, 0.15) is 85.1 Å². The molecule has 0 unspecified atom stereocenters. The largest absolute Gasteiger partial charge is 0.394 e. The van der Waals surface area contributed by atoms with E-state index in [0.717, 1.165) is 37.7 Å². The zero-order valence-electron chi connectivity index (χ0n) is 32.7. The molecule has 1 aliphatic carbocycles. The highest BCUT2D eigenvalue weighted by molar-refractivity contribution is 5.90. The number of piperidine rings is 1. The van der Waals surface area contributed by atoms with E-state index in [1.54, 1.807) is 33.1 Å². The Kier molecular flexibility index (Phi) is 15.5. The Morgan fingerprint density at radius 2 is 1.73 bits per heavy atom. The van der Waals surface area contributed by atoms with Crippen LogP contribution in [0.5, 0.6) is 0 Å². The van der Waals surface area contributed by atoms with Crippen LogP contribution >= 0.6 is 0 Å². The number of carbonyl (C=O) groups is 4. The van der Waals surface area contributed by atoms with Gasteiger partial charge in [-0.1, -0.05) is 71.4 Å². The van der Waals surface area contributed by atoms with Crippen LogP contribution in [-0.2, 0) is 35.1 Å². The van der Waals surface area contributed by atoms with E-state index in [-0.39, 0.29) is 60.6 Å². The Labute approximate surface area is 311 Å². The number of carbonyl (C=O) groups excluding carboxylic acids is 4. The van der Waals surface area contributed by atoms with Gasteiger partial charge >= 0.3 is 0 Å². The predicted molar refractivity (Wildman–Crippen MR) is 200 cm³/mol. The fourth-order valence-electron chi connectivity index (χ4n) is 8.82. The molecule has 2 aliphatic heterocycles. The second-order valence-corrected chi connectivity index (χ2v) is 15.8. The standard InChI is InChI=1S/C40H65N5O7/c1-9-25(4)36(44(6)40(50)34(24(2)3)43-39(49)35-28-17-18-29(21-28)41-35)32(51-7)22-33(47)45-19-13-16-31(45)37(52-8)26(5)38(48)42-30(23-46)20-27-14-11-10-12-15-27/h10-12,14-15,24-26,28-32,34-37,41,46H,9,13,16-23H2,1-8H3,(H,42,48)(H,43,49)/t25-,26+,28-,29+,30-,31-,32-,34-,35-,36-,37+/m0/s1. The van der Waals surface area contributed by atoms with E-state index < -0.39 is 36.3 Å². The van der Waals surface area contributed by atoms with Gasteiger partial charge in [-0.25, -0.2) is 0 Å². The first kappa shape index (κ1) is 41.7. The number of likely N-dealkylation sites (tertiary alicyclic amines) is 1. The number of nitrogens with zero attached hydrogens (tertiary/aromatic N) is 2. The zero-order valence-corrected chi connectivity index (χ0v) is 32.7. The first-order valence-electron chi connectivity index (χ1n) is 19.5. The molecule has 11 atom stereocenters. The number of rotatable bonds is 19. The molecular formula is C40H65N5O7. The molecule has 1 aromatic rings. The Balaban J connectivity index is 1.43. The molecule has 4 N–H and O–H groups in total. The molecular weight excluding hydrogens is 662 g/mol. The number of amides is 4. The van der Waals surface area contributed by atoms with Crippen LogP contribution in [0.15, 0.2) is 30.3 Å². The number of methoxy groups -OCH3 is 2. The van der Waals surface area contributed by atoms with Gasteiger partial charge in [0.1, 0.15) is 6.04 Å². The third-order valence-corrected chi connectivity index (χ3v) is 12.0. The topological polar surface area (TPSA) is 150 Å². The summed E-state index contributed by atoms with van der Waals surface area (Å²) in [6.07, 6.45) is 4.74. The lowest BCUT2D eigenvalue weighted by molar-refractivity contribution is -0.147. The number of aliphatic hydroxyl groups is 1. The monoisotopic (exact) mass is 727 g/mol. The number of ether oxygens (including phenoxy) is 2. The molecule has 4 rings (SSSR count). The van der Waals surface area contributed by atoms with Crippen molar-refractivity contribution in [1.82, 2.24) is 25.8 Å². The van der Waals surface area contributed by atoms with Gasteiger partial charge in [0.25, 0.3) is 0 Å². The Bertz CT molecular complexity index is 1330. The molecule has 52 heavy (non-hydrogen) atoms. The summed E-state index contributed by atoms with van der Waals surface area (Å²) in [5.74, 6) is -1.09. The van der Waals surface area contributed by atoms with Crippen LogP contribution < -0.4 is 16.0 Å². The minimum Gasteiger partial charge on any atom is -0.394 e. The normalized spacial score (nSPS) is 25.2. The first-order valence-corrected chi connectivity index (χ1v) is 19.5. The van der Waals surface area contributed by atoms with E-state index in [9.17, 15) is 24.3 Å². The summed E-state index contributed by atoms with van der Waals surface area (Å²) in [6.45, 7) is 10.1. The SMILES string of the molecule is CC[C@H](C)[C@@H]([C@H](CC(=O)N1CCC[C@H]1[C@H](OC)[C@@H](C)C(=O)N[C@H](CO)Cc1ccccc1)OC)N(C)C(=O)[C@@H](NC(=O)[C@H]1N[C@@H]2CC[C@H]1C2)C(C)C. The summed E-state index contributed by atoms with van der Waals surface area (Å²) in [5.41, 5.74) is 1.01. The van der Waals surface area contributed by atoms with E-state index in [1.807, 2.05) is 49.1 Å². The maximum atomic E-state index is 14.2. The molecule has 2 heterocycles. The number of fused-ring (bicyclic) bond motifs is 2. The van der Waals surface area contributed by atoms with Crippen LogP contribution in [0.3, 0.4) is 0 Å². The van der Waals surface area contributed by atoms with Gasteiger partial charge in [-0.3, -0.25) is 19.2 Å². The van der Waals surface area contributed by atoms with Crippen molar-refractivity contribution in [3.63, 3.8) is 0 Å². The van der Waals surface area contributed by atoms with Crippen molar-refractivity contribution in [2.75, 3.05) is 34.4 Å². The summed E-state index contributed by atoms with van der Waals surface area (Å²) in [5, 5.41) is 19.5. The molecule has 0 radical (unpaired) electrons. The number of hydrogen-bond donors (Lipinski definition) is 4. The first-order chi connectivity index (χ1) is 24.8. The lowest BCUT2D eigenvalue weighted by Crippen LogP contribution is -2.60. The lowest BCUT2D eigenvalue weighted by Gasteiger charge is -2.41. The Morgan fingerprint density at radius 3 is 2.29 bits per heavy atom. The minimum absolute atomic E-state index is 0.00243. The van der Waals surface area contributed by atoms with Crippen LogP contribution in [0.2, 0.25) is 0 Å². The fraction of sp³-hybridized carbons (Fsp3) is 0.750. The molecule has 12 nitrogen and oxygen atoms in total. The molecule has 0 aromatic heterocycles. The van der Waals surface area contributed by atoms with Gasteiger partial charge in [-0.15, -0.1) is 0 Å². The number of benzene rings is 1. The van der Waals surface area contributed by atoms with Gasteiger partial charge in [-0.05, 0) is 61.8 Å². The van der Waals surface area contributed by atoms with Crippen molar-refractivity contribution in [2.24, 2.45) is 23.7 Å². The van der Waals surface area contributed by atoms with Gasteiger partial charge in [-0.2, -0.15) is 0 Å². The Morgan fingerprint density at radius 1 is 1.02 bits per heavy atom. The van der Waals surface area contributed by atoms with Gasteiger partial charge in [0.15, 0.2) is 0 Å². The van der Waals surface area contributed by atoms with E-state index >= 15 is 0 Å². The highest BCUT2D eigenvalue weighted by atomic mass is 16.5. The van der Waals surface area contributed by atoms with Crippen LogP contribution in [0, 0.1) is 23.7 Å². The molecule has 3 aliphatic rings. The van der Waals surface area contributed by atoms with Gasteiger partial charge in [0.05, 0.1) is 55.3 Å². The van der Waals surface area contributed by atoms with E-state index in [2.05, 4.69) is 29.8 Å². The maximum absolute atomic E-state index is 14.2. The van der Waals surface area contributed by atoms with Crippen molar-refractivity contribution in [3.05, 3.63) is 35.9 Å². The summed E-state index contributed by atoms with van der Waals surface area (Å²) in [4.78, 5) is 58.7. The Hall–Kier alpha value is -3.06. The van der Waals surface area contributed by atoms with E-state index in [0.29, 0.717) is 31.3 Å². The van der Waals surface area contributed by atoms with Crippen LogP contribution in [-0.4, -0.2) is 121 Å². The van der Waals surface area contributed by atoms with Crippen LogP contribution in [0.25, 0.3) is 0 Å². The molecule has 4 amide bonds. The maximum Gasteiger partial charge on any atom is 0.245 e. The number of hydrogen-bond acceptors (Lipinski definition) is 8. The summed E-state index contributed by atoms with van der Waals surface area (Å²) in [6, 6.07) is 7.91. The number of likely N-dealkylation sites (N-methyl/N-ethyl adjacent to an activating group) is 1. The fourth-order valence-corrected chi connectivity index (χ4v) is 8.82. The average molecular weight is 728 g/mol. The van der Waals surface area contributed by atoms with Crippen LogP contribution in [0.4, 0.5) is 0 Å². The third kappa shape index (κ3) is 9.92. The van der Waals surface area contributed by atoms with E-state index in [1.165, 1.54) is 0 Å². The van der Waals surface area contributed by atoms with Gasteiger partial charge < -0.3 is 40.3 Å². The second-order valence-electron chi connectivity index (χ2n) is 15.8. The second kappa shape index (κ2) is 19.3. The highest BCUT2D eigenvalue weighted by Gasteiger charge is 2.45.